The maximum atomic E-state index is 10.8. The van der Waals surface area contributed by atoms with Crippen LogP contribution in [0, 0.1) is 21.4 Å². The summed E-state index contributed by atoms with van der Waals surface area (Å²) < 4.78 is 5.87. The third kappa shape index (κ3) is 5.92. The maximum Gasteiger partial charge on any atom is 0.269 e. The lowest BCUT2D eigenvalue weighted by molar-refractivity contribution is -0.384. The highest BCUT2D eigenvalue weighted by atomic mass is 32.1. The van der Waals surface area contributed by atoms with Crippen LogP contribution in [-0.2, 0) is 26.1 Å². The Bertz CT molecular complexity index is 1470. The molecule has 0 unspecified atom stereocenters. The van der Waals surface area contributed by atoms with Crippen LogP contribution in [0.25, 0.3) is 0 Å². The Labute approximate surface area is 219 Å². The Morgan fingerprint density at radius 2 is 1.89 bits per heavy atom. The highest BCUT2D eigenvalue weighted by Gasteiger charge is 2.24. The summed E-state index contributed by atoms with van der Waals surface area (Å²) in [4.78, 5) is 18.7. The number of benzene rings is 3. The average molecular weight is 509 g/mol. The molecule has 0 amide bonds. The first-order valence-electron chi connectivity index (χ1n) is 11.9. The zero-order valence-corrected chi connectivity index (χ0v) is 20.9. The fourth-order valence-electron chi connectivity index (χ4n) is 4.32. The number of nitro groups is 1. The van der Waals surface area contributed by atoms with Crippen LogP contribution < -0.4 is 4.74 Å². The van der Waals surface area contributed by atoms with Crippen LogP contribution in [0.4, 0.5) is 10.7 Å². The summed E-state index contributed by atoms with van der Waals surface area (Å²) in [7, 11) is 0. The molecular weight excluding hydrogens is 484 g/mol. The number of ether oxygens (including phenoxy) is 1. The average Bonchev–Trinajstić information content (AvgIpc) is 3.28. The van der Waals surface area contributed by atoms with E-state index in [1.54, 1.807) is 29.7 Å². The summed E-state index contributed by atoms with van der Waals surface area (Å²) in [6.45, 7) is 2.94. The second-order valence-electron chi connectivity index (χ2n) is 8.78. The maximum absolute atomic E-state index is 10.8. The summed E-state index contributed by atoms with van der Waals surface area (Å²) in [6, 6.07) is 26.7. The monoisotopic (exact) mass is 508 g/mol. The first kappa shape index (κ1) is 24.4. The zero-order chi connectivity index (χ0) is 25.6. The zero-order valence-electron chi connectivity index (χ0n) is 20.0. The molecule has 8 heteroatoms. The molecule has 0 atom stereocenters. The van der Waals surface area contributed by atoms with E-state index in [-0.39, 0.29) is 5.69 Å². The van der Waals surface area contributed by atoms with Crippen LogP contribution in [0.1, 0.15) is 32.7 Å². The smallest absolute Gasteiger partial charge is 0.269 e. The van der Waals surface area contributed by atoms with Gasteiger partial charge < -0.3 is 4.74 Å². The summed E-state index contributed by atoms with van der Waals surface area (Å²) >= 11 is 1.59. The van der Waals surface area contributed by atoms with Gasteiger partial charge in [0.15, 0.2) is 0 Å². The van der Waals surface area contributed by atoms with E-state index >= 15 is 0 Å². The number of aliphatic imine (C=N–C) groups is 1. The molecule has 4 aromatic rings. The summed E-state index contributed by atoms with van der Waals surface area (Å²) in [6.07, 6.45) is 2.61. The Morgan fingerprint density at radius 3 is 2.65 bits per heavy atom. The van der Waals surface area contributed by atoms with Gasteiger partial charge in [-0.3, -0.25) is 15.0 Å². The van der Waals surface area contributed by atoms with E-state index in [4.69, 9.17) is 4.74 Å². The quantitative estimate of drug-likeness (QED) is 0.156. The van der Waals surface area contributed by atoms with Crippen molar-refractivity contribution >= 4 is 28.2 Å². The molecule has 0 N–H and O–H groups in total. The molecule has 0 fully saturated rings. The topological polar surface area (TPSA) is 91.8 Å². The number of non-ortho nitro benzene ring substituents is 1. The molecule has 0 saturated carbocycles. The minimum atomic E-state index is -0.421. The summed E-state index contributed by atoms with van der Waals surface area (Å²) in [5, 5.41) is 21.4. The molecule has 0 spiro atoms. The Kier molecular flexibility index (Phi) is 7.36. The largest absolute Gasteiger partial charge is 0.489 e. The number of hydrogen-bond donors (Lipinski definition) is 0. The van der Waals surface area contributed by atoms with Gasteiger partial charge in [-0.15, -0.1) is 11.3 Å². The SMILES string of the molecule is N#Cc1c(N=Cc2cccc(OCc3ccc([N+](=O)[O-])cc3)c2)sc2c1CCN(Cc1ccccc1)C2. The van der Waals surface area contributed by atoms with Crippen molar-refractivity contribution in [2.45, 2.75) is 26.1 Å². The minimum Gasteiger partial charge on any atom is -0.489 e. The number of nitro benzene ring substituents is 1. The van der Waals surface area contributed by atoms with Crippen molar-refractivity contribution in [3.8, 4) is 11.8 Å². The van der Waals surface area contributed by atoms with Crippen molar-refractivity contribution < 1.29 is 9.66 Å². The van der Waals surface area contributed by atoms with Gasteiger partial charge >= 0.3 is 0 Å². The summed E-state index contributed by atoms with van der Waals surface area (Å²) in [5.74, 6) is 0.671. The molecule has 184 valence electrons. The number of fused-ring (bicyclic) bond motifs is 1. The van der Waals surface area contributed by atoms with Gasteiger partial charge in [-0.1, -0.05) is 42.5 Å². The van der Waals surface area contributed by atoms with E-state index in [2.05, 4.69) is 40.2 Å². The minimum absolute atomic E-state index is 0.0536. The van der Waals surface area contributed by atoms with E-state index in [1.165, 1.54) is 22.6 Å². The van der Waals surface area contributed by atoms with Crippen molar-refractivity contribution in [3.05, 3.63) is 122 Å². The van der Waals surface area contributed by atoms with Crippen LogP contribution in [0.5, 0.6) is 5.75 Å². The number of nitrogens with zero attached hydrogens (tertiary/aromatic N) is 4. The lowest BCUT2D eigenvalue weighted by atomic mass is 10.0. The highest BCUT2D eigenvalue weighted by Crippen LogP contribution is 2.38. The van der Waals surface area contributed by atoms with E-state index in [9.17, 15) is 15.4 Å². The van der Waals surface area contributed by atoms with Gasteiger partial charge in [0, 0.05) is 42.9 Å². The van der Waals surface area contributed by atoms with Crippen LogP contribution in [0.2, 0.25) is 0 Å². The molecule has 37 heavy (non-hydrogen) atoms. The molecule has 0 radical (unpaired) electrons. The molecule has 0 bridgehead atoms. The number of hydrogen-bond acceptors (Lipinski definition) is 7. The molecule has 1 aliphatic rings. The molecule has 3 aromatic carbocycles. The van der Waals surface area contributed by atoms with Gasteiger partial charge in [0.1, 0.15) is 23.4 Å². The van der Waals surface area contributed by atoms with Crippen LogP contribution >= 0.6 is 11.3 Å². The summed E-state index contributed by atoms with van der Waals surface area (Å²) in [5.41, 5.74) is 4.86. The standard InChI is InChI=1S/C29H24N4O3S/c30-16-27-26-13-14-32(18-21-5-2-1-3-6-21)19-28(26)37-29(27)31-17-23-7-4-8-25(15-23)36-20-22-9-11-24(12-10-22)33(34)35/h1-12,15,17H,13-14,18-20H2. The second kappa shape index (κ2) is 11.2. The van der Waals surface area contributed by atoms with E-state index in [0.29, 0.717) is 17.9 Å². The van der Waals surface area contributed by atoms with Gasteiger partial charge in [0.25, 0.3) is 5.69 Å². The molecule has 0 saturated heterocycles. The van der Waals surface area contributed by atoms with Crippen molar-refractivity contribution in [1.82, 2.24) is 4.90 Å². The predicted molar refractivity (Wildman–Crippen MR) is 144 cm³/mol. The van der Waals surface area contributed by atoms with E-state index in [0.717, 1.165) is 47.7 Å². The number of nitriles is 1. The van der Waals surface area contributed by atoms with Crippen molar-refractivity contribution in [2.75, 3.05) is 6.54 Å². The fraction of sp³-hybridized carbons (Fsp3) is 0.172. The fourth-order valence-corrected chi connectivity index (χ4v) is 5.51. The Balaban J connectivity index is 1.26. The first-order chi connectivity index (χ1) is 18.1. The van der Waals surface area contributed by atoms with Crippen LogP contribution in [0.3, 0.4) is 0 Å². The molecular formula is C29H24N4O3S. The highest BCUT2D eigenvalue weighted by molar-refractivity contribution is 7.16. The predicted octanol–water partition coefficient (Wildman–Crippen LogP) is 6.42. The van der Waals surface area contributed by atoms with Crippen molar-refractivity contribution in [2.24, 2.45) is 4.99 Å². The lowest BCUT2D eigenvalue weighted by Crippen LogP contribution is -2.29. The Morgan fingerprint density at radius 1 is 1.08 bits per heavy atom. The molecule has 1 aliphatic heterocycles. The second-order valence-corrected chi connectivity index (χ2v) is 9.87. The van der Waals surface area contributed by atoms with Crippen molar-refractivity contribution in [3.63, 3.8) is 0 Å². The van der Waals surface area contributed by atoms with Crippen LogP contribution in [0.15, 0.2) is 83.9 Å². The van der Waals surface area contributed by atoms with Gasteiger partial charge in [-0.25, -0.2) is 4.99 Å². The van der Waals surface area contributed by atoms with Gasteiger partial charge in [0.05, 0.1) is 10.5 Å². The third-order valence-electron chi connectivity index (χ3n) is 6.22. The van der Waals surface area contributed by atoms with Crippen molar-refractivity contribution in [1.29, 1.82) is 5.26 Å². The normalized spacial score (nSPS) is 13.3. The number of rotatable bonds is 8. The number of thiophene rings is 1. The van der Waals surface area contributed by atoms with E-state index < -0.39 is 4.92 Å². The molecule has 2 heterocycles. The molecule has 5 rings (SSSR count). The van der Waals surface area contributed by atoms with Gasteiger partial charge in [0.2, 0.25) is 0 Å². The van der Waals surface area contributed by atoms with Gasteiger partial charge in [-0.05, 0) is 52.9 Å². The molecule has 7 nitrogen and oxygen atoms in total. The third-order valence-corrected chi connectivity index (χ3v) is 7.34. The van der Waals surface area contributed by atoms with Gasteiger partial charge in [-0.2, -0.15) is 5.26 Å². The lowest BCUT2D eigenvalue weighted by Gasteiger charge is -2.26. The van der Waals surface area contributed by atoms with E-state index in [1.807, 2.05) is 30.3 Å². The first-order valence-corrected chi connectivity index (χ1v) is 12.7. The molecule has 0 aliphatic carbocycles. The Hall–Kier alpha value is -4.32. The molecule has 1 aromatic heterocycles. The van der Waals surface area contributed by atoms with Crippen LogP contribution in [-0.4, -0.2) is 22.6 Å².